The van der Waals surface area contributed by atoms with Crippen molar-refractivity contribution in [3.05, 3.63) is 64.7 Å². The van der Waals surface area contributed by atoms with Gasteiger partial charge >= 0.3 is 0 Å². The molecule has 6 nitrogen and oxygen atoms in total. The lowest BCUT2D eigenvalue weighted by atomic mass is 10.0. The number of hydrogen-bond donors (Lipinski definition) is 1. The van der Waals surface area contributed by atoms with E-state index in [0.717, 1.165) is 47.2 Å². The van der Waals surface area contributed by atoms with E-state index in [1.54, 1.807) is 30.6 Å². The Kier molecular flexibility index (Phi) is 6.77. The first-order valence-corrected chi connectivity index (χ1v) is 11.8. The van der Waals surface area contributed by atoms with Gasteiger partial charge in [0.05, 0.1) is 18.4 Å². The summed E-state index contributed by atoms with van der Waals surface area (Å²) in [7, 11) is 1.66. The van der Waals surface area contributed by atoms with E-state index >= 15 is 0 Å². The number of piperazine rings is 1. The zero-order valence-electron chi connectivity index (χ0n) is 18.7. The highest BCUT2D eigenvalue weighted by molar-refractivity contribution is 7.13. The van der Waals surface area contributed by atoms with Gasteiger partial charge in [-0.25, -0.2) is 4.98 Å². The summed E-state index contributed by atoms with van der Waals surface area (Å²) in [6.45, 7) is 7.75. The topological polar surface area (TPSA) is 65.9 Å². The highest BCUT2D eigenvalue weighted by Crippen LogP contribution is 2.27. The van der Waals surface area contributed by atoms with Crippen molar-refractivity contribution in [1.29, 1.82) is 0 Å². The zero-order chi connectivity index (χ0) is 22.7. The number of nitrogens with zero attached hydrogens (tertiary/aromatic N) is 3. The monoisotopic (exact) mass is 451 g/mol. The maximum atomic E-state index is 12.9. The molecule has 2 heterocycles. The number of phenolic OH excluding ortho intramolecular Hbond substituents is 1. The van der Waals surface area contributed by atoms with Gasteiger partial charge in [-0.15, -0.1) is 11.3 Å². The van der Waals surface area contributed by atoms with Gasteiger partial charge in [-0.3, -0.25) is 9.69 Å². The molecule has 2 aromatic carbocycles. The number of carbonyl (C=O) groups is 1. The van der Waals surface area contributed by atoms with E-state index < -0.39 is 0 Å². The first-order valence-electron chi connectivity index (χ1n) is 10.9. The van der Waals surface area contributed by atoms with Gasteiger partial charge in [-0.05, 0) is 47.9 Å². The Morgan fingerprint density at radius 2 is 1.84 bits per heavy atom. The van der Waals surface area contributed by atoms with Crippen molar-refractivity contribution >= 4 is 17.2 Å². The maximum absolute atomic E-state index is 12.9. The number of hydrogen-bond acceptors (Lipinski definition) is 6. The van der Waals surface area contributed by atoms with Crippen molar-refractivity contribution in [2.24, 2.45) is 0 Å². The van der Waals surface area contributed by atoms with Crippen LogP contribution in [0.5, 0.6) is 11.5 Å². The van der Waals surface area contributed by atoms with Gasteiger partial charge < -0.3 is 14.7 Å². The summed E-state index contributed by atoms with van der Waals surface area (Å²) in [5.74, 6) is 1.11. The average molecular weight is 452 g/mol. The van der Waals surface area contributed by atoms with Crippen LogP contribution in [0.15, 0.2) is 47.8 Å². The Bertz CT molecular complexity index is 1070. The van der Waals surface area contributed by atoms with Gasteiger partial charge in [-0.1, -0.05) is 19.9 Å². The highest BCUT2D eigenvalue weighted by atomic mass is 32.1. The van der Waals surface area contributed by atoms with Gasteiger partial charge in [0.15, 0.2) is 0 Å². The molecular weight excluding hydrogens is 422 g/mol. The third-order valence-electron chi connectivity index (χ3n) is 5.85. The molecule has 0 unspecified atom stereocenters. The molecule has 0 bridgehead atoms. The minimum Gasteiger partial charge on any atom is -0.507 e. The van der Waals surface area contributed by atoms with Gasteiger partial charge in [0.2, 0.25) is 0 Å². The van der Waals surface area contributed by atoms with Crippen LogP contribution < -0.4 is 4.74 Å². The number of benzene rings is 2. The molecule has 1 aromatic heterocycles. The van der Waals surface area contributed by atoms with Gasteiger partial charge in [0.1, 0.15) is 16.5 Å². The van der Waals surface area contributed by atoms with E-state index in [0.29, 0.717) is 24.6 Å². The molecule has 1 aliphatic rings. The van der Waals surface area contributed by atoms with Gasteiger partial charge in [0, 0.05) is 43.7 Å². The molecule has 0 radical (unpaired) electrons. The van der Waals surface area contributed by atoms with E-state index in [9.17, 15) is 9.90 Å². The van der Waals surface area contributed by atoms with Crippen LogP contribution in [0.1, 0.15) is 41.4 Å². The molecule has 1 N–H and O–H groups in total. The van der Waals surface area contributed by atoms with Crippen molar-refractivity contribution in [3.8, 4) is 22.1 Å². The molecule has 0 saturated carbocycles. The molecule has 1 amide bonds. The largest absolute Gasteiger partial charge is 0.507 e. The number of thiazole rings is 1. The molecule has 1 saturated heterocycles. The summed E-state index contributed by atoms with van der Waals surface area (Å²) in [5, 5.41) is 13.4. The smallest absolute Gasteiger partial charge is 0.257 e. The third kappa shape index (κ3) is 4.95. The number of aromatic nitrogens is 1. The molecule has 3 aromatic rings. The lowest BCUT2D eigenvalue weighted by molar-refractivity contribution is 0.0624. The first kappa shape index (κ1) is 22.3. The van der Waals surface area contributed by atoms with Crippen LogP contribution in [0.4, 0.5) is 0 Å². The Hall–Kier alpha value is -2.90. The summed E-state index contributed by atoms with van der Waals surface area (Å²) >= 11 is 1.64. The fourth-order valence-electron chi connectivity index (χ4n) is 3.84. The molecule has 168 valence electrons. The van der Waals surface area contributed by atoms with Gasteiger partial charge in [0.25, 0.3) is 5.91 Å². The predicted molar refractivity (Wildman–Crippen MR) is 127 cm³/mol. The molecule has 0 spiro atoms. The summed E-state index contributed by atoms with van der Waals surface area (Å²) in [6, 6.07) is 13.3. The van der Waals surface area contributed by atoms with Crippen molar-refractivity contribution < 1.29 is 14.6 Å². The molecule has 1 fully saturated rings. The Balaban J connectivity index is 1.33. The van der Waals surface area contributed by atoms with Crippen LogP contribution in [-0.4, -0.2) is 59.1 Å². The van der Waals surface area contributed by atoms with Crippen molar-refractivity contribution in [2.75, 3.05) is 33.3 Å². The maximum Gasteiger partial charge on any atom is 0.257 e. The summed E-state index contributed by atoms with van der Waals surface area (Å²) in [6.07, 6.45) is 0. The number of amides is 1. The van der Waals surface area contributed by atoms with Crippen LogP contribution in [0.2, 0.25) is 0 Å². The Morgan fingerprint density at radius 1 is 1.12 bits per heavy atom. The molecule has 4 rings (SSSR count). The first-order chi connectivity index (χ1) is 15.4. The molecule has 0 atom stereocenters. The number of aromatic hydroxyl groups is 1. The normalized spacial score (nSPS) is 14.7. The van der Waals surface area contributed by atoms with Crippen LogP contribution in [0.25, 0.3) is 10.6 Å². The second-order valence-corrected chi connectivity index (χ2v) is 9.23. The average Bonchev–Trinajstić information content (AvgIpc) is 3.27. The minimum atomic E-state index is -0.104. The van der Waals surface area contributed by atoms with Crippen LogP contribution >= 0.6 is 11.3 Å². The van der Waals surface area contributed by atoms with Crippen LogP contribution in [0.3, 0.4) is 0 Å². The fraction of sp³-hybridized carbons (Fsp3) is 0.360. The van der Waals surface area contributed by atoms with Crippen molar-refractivity contribution in [2.45, 2.75) is 26.3 Å². The standard InChI is InChI=1S/C25H29N3O3S/c1-17(2)19-6-9-22(23(29)14-19)25(30)28-12-10-27(11-13-28)15-20-16-32-24(26-20)18-4-7-21(31-3)8-5-18/h4-9,14,16-17,29H,10-13,15H2,1-3H3. The molecule has 32 heavy (non-hydrogen) atoms. The molecule has 7 heteroatoms. The lowest BCUT2D eigenvalue weighted by Crippen LogP contribution is -2.48. The number of rotatable bonds is 6. The predicted octanol–water partition coefficient (Wildman–Crippen LogP) is 4.61. The second kappa shape index (κ2) is 9.71. The number of methoxy groups -OCH3 is 1. The Morgan fingerprint density at radius 3 is 2.47 bits per heavy atom. The van der Waals surface area contributed by atoms with E-state index in [1.807, 2.05) is 35.2 Å². The summed E-state index contributed by atoms with van der Waals surface area (Å²) < 4.78 is 5.22. The van der Waals surface area contributed by atoms with Crippen LogP contribution in [-0.2, 0) is 6.54 Å². The van der Waals surface area contributed by atoms with Gasteiger partial charge in [-0.2, -0.15) is 0 Å². The SMILES string of the molecule is COc1ccc(-c2nc(CN3CCN(C(=O)c4ccc(C(C)C)cc4O)CC3)cs2)cc1. The number of ether oxygens (including phenoxy) is 1. The minimum absolute atomic E-state index is 0.0668. The second-order valence-electron chi connectivity index (χ2n) is 8.37. The molecule has 1 aliphatic heterocycles. The summed E-state index contributed by atoms with van der Waals surface area (Å²) in [5.41, 5.74) is 3.54. The van der Waals surface area contributed by atoms with E-state index in [2.05, 4.69) is 24.1 Å². The number of phenols is 1. The third-order valence-corrected chi connectivity index (χ3v) is 6.79. The lowest BCUT2D eigenvalue weighted by Gasteiger charge is -2.34. The van der Waals surface area contributed by atoms with Crippen molar-refractivity contribution in [1.82, 2.24) is 14.8 Å². The molecule has 0 aliphatic carbocycles. The summed E-state index contributed by atoms with van der Waals surface area (Å²) in [4.78, 5) is 21.8. The zero-order valence-corrected chi connectivity index (χ0v) is 19.6. The number of carbonyl (C=O) groups excluding carboxylic acids is 1. The van der Waals surface area contributed by atoms with Crippen molar-refractivity contribution in [3.63, 3.8) is 0 Å². The van der Waals surface area contributed by atoms with E-state index in [1.165, 1.54) is 0 Å². The van der Waals surface area contributed by atoms with E-state index in [4.69, 9.17) is 9.72 Å². The molecular formula is C25H29N3O3S. The van der Waals surface area contributed by atoms with E-state index in [-0.39, 0.29) is 11.7 Å². The van der Waals surface area contributed by atoms with Crippen LogP contribution in [0, 0.1) is 0 Å². The Labute approximate surface area is 193 Å². The highest BCUT2D eigenvalue weighted by Gasteiger charge is 2.24. The fourth-order valence-corrected chi connectivity index (χ4v) is 4.66. The quantitative estimate of drug-likeness (QED) is 0.593.